The summed E-state index contributed by atoms with van der Waals surface area (Å²) in [6, 6.07) is 22.9. The number of rotatable bonds is 4. The molecule has 0 aliphatic carbocycles. The van der Waals surface area contributed by atoms with Gasteiger partial charge in [0.1, 0.15) is 9.20 Å². The van der Waals surface area contributed by atoms with Crippen LogP contribution in [-0.2, 0) is 4.79 Å². The number of hydrazone groups is 1. The van der Waals surface area contributed by atoms with Gasteiger partial charge in [0.25, 0.3) is 17.2 Å². The summed E-state index contributed by atoms with van der Waals surface area (Å²) in [4.78, 5) is 40.9. The highest BCUT2D eigenvalue weighted by molar-refractivity contribution is 7.08. The Morgan fingerprint density at radius 1 is 0.925 bits per heavy atom. The minimum atomic E-state index is -0.517. The lowest BCUT2D eigenvalue weighted by Gasteiger charge is -2.28. The van der Waals surface area contributed by atoms with Crippen molar-refractivity contribution in [3.8, 4) is 5.69 Å². The van der Waals surface area contributed by atoms with E-state index in [0.717, 1.165) is 22.0 Å². The Labute approximate surface area is 232 Å². The number of carbonyl (C=O) groups is 1. The van der Waals surface area contributed by atoms with Crippen LogP contribution in [0.25, 0.3) is 23.0 Å². The molecule has 6 rings (SSSR count). The molecule has 0 unspecified atom stereocenters. The van der Waals surface area contributed by atoms with Crippen LogP contribution in [0.3, 0.4) is 0 Å². The number of anilines is 2. The van der Waals surface area contributed by atoms with Crippen molar-refractivity contribution >= 4 is 57.4 Å². The summed E-state index contributed by atoms with van der Waals surface area (Å²) in [5.74, 6) is -0.461. The molecule has 0 atom stereocenters. The molecule has 0 saturated carbocycles. The number of carbonyl (C=O) groups excluding carboxylic acids is 1. The predicted molar refractivity (Wildman–Crippen MR) is 158 cm³/mol. The molecule has 0 radical (unpaired) electrons. The number of aromatic nitrogens is 1. The van der Waals surface area contributed by atoms with Crippen molar-refractivity contribution in [1.29, 1.82) is 0 Å². The van der Waals surface area contributed by atoms with E-state index in [2.05, 4.69) is 10.0 Å². The number of non-ortho nitro benzene ring substituents is 1. The summed E-state index contributed by atoms with van der Waals surface area (Å²) in [6.07, 6.45) is 3.93. The van der Waals surface area contributed by atoms with Crippen molar-refractivity contribution in [3.05, 3.63) is 120 Å². The highest BCUT2D eigenvalue weighted by Crippen LogP contribution is 2.31. The molecule has 0 spiro atoms. The molecule has 0 N–H and O–H groups in total. The molecule has 1 aromatic heterocycles. The summed E-state index contributed by atoms with van der Waals surface area (Å²) in [5, 5.41) is 16.9. The predicted octanol–water partition coefficient (Wildman–Crippen LogP) is 4.04. The third kappa shape index (κ3) is 4.05. The minimum Gasteiger partial charge on any atom is -0.340 e. The number of hydrogen-bond donors (Lipinski definition) is 0. The monoisotopic (exact) mass is 549 g/mol. The molecule has 2 aliphatic heterocycles. The van der Waals surface area contributed by atoms with E-state index in [4.69, 9.17) is 0 Å². The zero-order valence-corrected chi connectivity index (χ0v) is 22.5. The van der Waals surface area contributed by atoms with Crippen LogP contribution in [0, 0.1) is 10.1 Å². The fourth-order valence-corrected chi connectivity index (χ4v) is 6.25. The number of amides is 1. The number of nitro groups is 1. The highest BCUT2D eigenvalue weighted by Gasteiger charge is 2.32. The van der Waals surface area contributed by atoms with Gasteiger partial charge in [0.2, 0.25) is 0 Å². The molecule has 0 bridgehead atoms. The van der Waals surface area contributed by atoms with E-state index in [1.54, 1.807) is 17.6 Å². The molecule has 198 valence electrons. The van der Waals surface area contributed by atoms with Crippen LogP contribution in [0.4, 0.5) is 17.1 Å². The molecule has 10 heteroatoms. The number of benzene rings is 3. The molecule has 4 aromatic rings. The lowest BCUT2D eigenvalue weighted by Crippen LogP contribution is -2.36. The maximum absolute atomic E-state index is 14.1. The fourth-order valence-electron chi connectivity index (χ4n) is 4.98. The standard InChI is InChI=1S/C30H23N5O4S/c1-3-32-24-15-8-7-10-20(24)16-17-25(32)27-29(37)33(21-11-5-4-6-12-21)30(40-27)26-19(2)31-34(28(26)36)22-13-9-14-23(18-22)35(38)39/h4-18H,3H2,1-2H3/b27-25+,30-26+. The quantitative estimate of drug-likeness (QED) is 0.283. The van der Waals surface area contributed by atoms with Crippen molar-refractivity contribution in [1.82, 2.24) is 4.57 Å². The second-order valence-corrected chi connectivity index (χ2v) is 10.2. The molecule has 0 fully saturated rings. The maximum Gasteiger partial charge on any atom is 0.283 e. The van der Waals surface area contributed by atoms with Gasteiger partial charge >= 0.3 is 0 Å². The Bertz CT molecular complexity index is 1940. The maximum atomic E-state index is 14.1. The average Bonchev–Trinajstić information content (AvgIpc) is 3.47. The van der Waals surface area contributed by atoms with E-state index >= 15 is 0 Å². The first-order valence-electron chi connectivity index (χ1n) is 12.6. The van der Waals surface area contributed by atoms with Gasteiger partial charge in [-0.1, -0.05) is 48.5 Å². The van der Waals surface area contributed by atoms with Gasteiger partial charge in [0.05, 0.1) is 33.3 Å². The van der Waals surface area contributed by atoms with Gasteiger partial charge in [-0.05, 0) is 49.8 Å². The Morgan fingerprint density at radius 2 is 1.65 bits per heavy atom. The van der Waals surface area contributed by atoms with E-state index in [1.807, 2.05) is 73.7 Å². The third-order valence-corrected chi connectivity index (χ3v) is 7.99. The lowest BCUT2D eigenvalue weighted by molar-refractivity contribution is -0.384. The second-order valence-electron chi connectivity index (χ2n) is 9.19. The summed E-state index contributed by atoms with van der Waals surface area (Å²) in [6.45, 7) is 4.38. The number of fused-ring (bicyclic) bond motifs is 1. The van der Waals surface area contributed by atoms with Crippen molar-refractivity contribution < 1.29 is 9.72 Å². The van der Waals surface area contributed by atoms with Gasteiger partial charge < -0.3 is 4.90 Å². The first-order chi connectivity index (χ1) is 19.4. The van der Waals surface area contributed by atoms with Crippen molar-refractivity contribution in [3.63, 3.8) is 0 Å². The number of nitro benzene ring substituents is 1. The Hall–Kier alpha value is -5.09. The van der Waals surface area contributed by atoms with Crippen LogP contribution >= 0.6 is 11.3 Å². The Morgan fingerprint density at radius 3 is 2.40 bits per heavy atom. The topological polar surface area (TPSA) is 101 Å². The van der Waals surface area contributed by atoms with Crippen molar-refractivity contribution in [2.75, 3.05) is 16.5 Å². The van der Waals surface area contributed by atoms with Crippen LogP contribution in [-0.4, -0.2) is 27.7 Å². The molecule has 0 saturated heterocycles. The Kier molecular flexibility index (Phi) is 6.24. The third-order valence-electron chi connectivity index (χ3n) is 6.82. The molecule has 2 aliphatic rings. The number of nitrogens with zero attached hydrogens (tertiary/aromatic N) is 5. The number of hydrogen-bond acceptors (Lipinski definition) is 7. The highest BCUT2D eigenvalue weighted by atomic mass is 32.1. The molecule has 40 heavy (non-hydrogen) atoms. The van der Waals surface area contributed by atoms with E-state index < -0.39 is 10.8 Å². The van der Waals surface area contributed by atoms with Gasteiger partial charge in [0.15, 0.2) is 0 Å². The minimum absolute atomic E-state index is 0.147. The van der Waals surface area contributed by atoms with Gasteiger partial charge in [-0.2, -0.15) is 10.1 Å². The SMILES string of the molecule is CCN1/C(=c2/s/c(=C3/C(=O)N(c4cccc([N+](=O)[O-])c4)N=C3C)n(-c3ccccc3)c2=O)C=Cc2ccccc21. The normalized spacial score (nSPS) is 17.2. The number of para-hydroxylation sites is 2. The van der Waals surface area contributed by atoms with Crippen LogP contribution in [0.2, 0.25) is 0 Å². The molecule has 3 aromatic carbocycles. The summed E-state index contributed by atoms with van der Waals surface area (Å²) < 4.78 is 2.49. The van der Waals surface area contributed by atoms with Gasteiger partial charge in [-0.25, -0.2) is 0 Å². The first-order valence-corrected chi connectivity index (χ1v) is 13.5. The summed E-state index contributed by atoms with van der Waals surface area (Å²) in [5.41, 5.74) is 4.00. The zero-order chi connectivity index (χ0) is 28.0. The number of likely N-dealkylation sites (N-methyl/N-ethyl adjacent to an activating group) is 1. The smallest absolute Gasteiger partial charge is 0.283 e. The van der Waals surface area contributed by atoms with E-state index in [9.17, 15) is 19.7 Å². The van der Waals surface area contributed by atoms with Gasteiger partial charge in [-0.15, -0.1) is 11.3 Å². The molecule has 3 heterocycles. The lowest BCUT2D eigenvalue weighted by atomic mass is 10.1. The van der Waals surface area contributed by atoms with E-state index in [1.165, 1.54) is 29.5 Å². The van der Waals surface area contributed by atoms with E-state index in [-0.39, 0.29) is 22.5 Å². The van der Waals surface area contributed by atoms with Gasteiger partial charge in [0, 0.05) is 24.4 Å². The largest absolute Gasteiger partial charge is 0.340 e. The Balaban J connectivity index is 1.63. The molecular formula is C30H23N5O4S. The summed E-state index contributed by atoms with van der Waals surface area (Å²) >= 11 is 1.24. The first kappa shape index (κ1) is 25.2. The van der Waals surface area contributed by atoms with Crippen LogP contribution in [0.5, 0.6) is 0 Å². The van der Waals surface area contributed by atoms with Crippen molar-refractivity contribution in [2.45, 2.75) is 13.8 Å². The van der Waals surface area contributed by atoms with E-state index in [0.29, 0.717) is 27.1 Å². The zero-order valence-electron chi connectivity index (χ0n) is 21.6. The van der Waals surface area contributed by atoms with Crippen LogP contribution in [0.1, 0.15) is 19.4 Å². The molecule has 1 amide bonds. The fraction of sp³-hybridized carbons (Fsp3) is 0.100. The molecular weight excluding hydrogens is 526 g/mol. The second kappa shape index (κ2) is 9.90. The van der Waals surface area contributed by atoms with Crippen LogP contribution in [0.15, 0.2) is 94.8 Å². The molecule has 9 nitrogen and oxygen atoms in total. The summed E-state index contributed by atoms with van der Waals surface area (Å²) in [7, 11) is 0. The van der Waals surface area contributed by atoms with Crippen LogP contribution < -0.4 is 24.7 Å². The number of thiazole rings is 1. The average molecular weight is 550 g/mol. The van der Waals surface area contributed by atoms with Crippen molar-refractivity contribution in [2.24, 2.45) is 5.10 Å². The van der Waals surface area contributed by atoms with Gasteiger partial charge in [-0.3, -0.25) is 24.3 Å².